The summed E-state index contributed by atoms with van der Waals surface area (Å²) >= 11 is 0. The lowest BCUT2D eigenvalue weighted by Gasteiger charge is -2.20. The first-order valence-corrected chi connectivity index (χ1v) is 4.16. The Morgan fingerprint density at radius 3 is 2.00 bits per heavy atom. The van der Waals surface area contributed by atoms with Crippen molar-refractivity contribution in [1.29, 1.82) is 0 Å². The lowest BCUT2D eigenvalue weighted by Crippen LogP contribution is -2.35. The number of carbonyl (C=O) groups excluding carboxylic acids is 1. The molecule has 0 spiro atoms. The SMILES string of the molecule is CCOC(OCC)C(C)C(N)=O. The van der Waals surface area contributed by atoms with Gasteiger partial charge in [-0.2, -0.15) is 0 Å². The number of rotatable bonds is 6. The molecule has 0 bridgehead atoms. The highest BCUT2D eigenvalue weighted by molar-refractivity contribution is 5.76. The molecule has 0 fully saturated rings. The zero-order valence-electron chi connectivity index (χ0n) is 7.87. The molecular formula is C8H17NO3. The van der Waals surface area contributed by atoms with E-state index in [4.69, 9.17) is 15.2 Å². The Morgan fingerprint density at radius 2 is 1.75 bits per heavy atom. The molecule has 0 aromatic carbocycles. The van der Waals surface area contributed by atoms with Gasteiger partial charge in [-0.15, -0.1) is 0 Å². The van der Waals surface area contributed by atoms with Crippen LogP contribution in [-0.4, -0.2) is 25.4 Å². The van der Waals surface area contributed by atoms with Crippen LogP contribution in [0.4, 0.5) is 0 Å². The average Bonchev–Trinajstić information content (AvgIpc) is 2.03. The molecule has 0 saturated heterocycles. The maximum Gasteiger partial charge on any atom is 0.225 e. The Kier molecular flexibility index (Phi) is 5.66. The average molecular weight is 175 g/mol. The molecule has 12 heavy (non-hydrogen) atoms. The molecule has 0 radical (unpaired) electrons. The summed E-state index contributed by atoms with van der Waals surface area (Å²) < 4.78 is 10.4. The second-order valence-electron chi connectivity index (χ2n) is 2.47. The number of carbonyl (C=O) groups is 1. The van der Waals surface area contributed by atoms with Gasteiger partial charge in [0.2, 0.25) is 5.91 Å². The Hall–Kier alpha value is -0.610. The van der Waals surface area contributed by atoms with E-state index in [-0.39, 0.29) is 0 Å². The van der Waals surface area contributed by atoms with Gasteiger partial charge in [-0.25, -0.2) is 0 Å². The first-order valence-electron chi connectivity index (χ1n) is 4.16. The van der Waals surface area contributed by atoms with E-state index >= 15 is 0 Å². The van der Waals surface area contributed by atoms with Crippen molar-refractivity contribution in [3.63, 3.8) is 0 Å². The predicted molar refractivity (Wildman–Crippen MR) is 45.4 cm³/mol. The Bertz CT molecular complexity index is 132. The number of primary amides is 1. The van der Waals surface area contributed by atoms with Crippen molar-refractivity contribution in [1.82, 2.24) is 0 Å². The largest absolute Gasteiger partial charge is 0.369 e. The number of nitrogens with two attached hydrogens (primary N) is 1. The topological polar surface area (TPSA) is 61.6 Å². The van der Waals surface area contributed by atoms with E-state index in [1.165, 1.54) is 0 Å². The lowest BCUT2D eigenvalue weighted by atomic mass is 10.1. The molecule has 0 aliphatic carbocycles. The van der Waals surface area contributed by atoms with Gasteiger partial charge in [-0.05, 0) is 20.8 Å². The highest BCUT2D eigenvalue weighted by atomic mass is 16.7. The fraction of sp³-hybridized carbons (Fsp3) is 0.875. The van der Waals surface area contributed by atoms with Crippen LogP contribution in [-0.2, 0) is 14.3 Å². The van der Waals surface area contributed by atoms with Gasteiger partial charge in [0.25, 0.3) is 0 Å². The second kappa shape index (κ2) is 5.97. The maximum absolute atomic E-state index is 10.8. The molecule has 72 valence electrons. The van der Waals surface area contributed by atoms with E-state index in [2.05, 4.69) is 0 Å². The van der Waals surface area contributed by atoms with Gasteiger partial charge >= 0.3 is 0 Å². The minimum atomic E-state index is -0.502. The summed E-state index contributed by atoms with van der Waals surface area (Å²) in [4.78, 5) is 10.8. The van der Waals surface area contributed by atoms with Gasteiger partial charge in [-0.3, -0.25) is 4.79 Å². The van der Waals surface area contributed by atoms with Crippen molar-refractivity contribution in [2.24, 2.45) is 11.7 Å². The minimum Gasteiger partial charge on any atom is -0.369 e. The zero-order chi connectivity index (χ0) is 9.56. The summed E-state index contributed by atoms with van der Waals surface area (Å²) in [7, 11) is 0. The molecule has 0 aromatic rings. The summed E-state index contributed by atoms with van der Waals surface area (Å²) in [6.07, 6.45) is -0.502. The third-order valence-corrected chi connectivity index (χ3v) is 1.52. The smallest absolute Gasteiger partial charge is 0.225 e. The van der Waals surface area contributed by atoms with E-state index in [0.717, 1.165) is 0 Å². The fourth-order valence-electron chi connectivity index (χ4n) is 0.799. The number of hydrogen-bond acceptors (Lipinski definition) is 3. The maximum atomic E-state index is 10.8. The molecule has 0 saturated carbocycles. The van der Waals surface area contributed by atoms with Crippen molar-refractivity contribution < 1.29 is 14.3 Å². The molecule has 1 atom stereocenters. The van der Waals surface area contributed by atoms with Crippen molar-refractivity contribution in [2.75, 3.05) is 13.2 Å². The van der Waals surface area contributed by atoms with Gasteiger partial charge < -0.3 is 15.2 Å². The van der Waals surface area contributed by atoms with Gasteiger partial charge in [0.1, 0.15) is 0 Å². The Morgan fingerprint density at radius 1 is 1.33 bits per heavy atom. The molecule has 2 N–H and O–H groups in total. The summed E-state index contributed by atoms with van der Waals surface area (Å²) in [5.74, 6) is -0.799. The summed E-state index contributed by atoms with van der Waals surface area (Å²) in [6, 6.07) is 0. The van der Waals surface area contributed by atoms with E-state index in [0.29, 0.717) is 13.2 Å². The standard InChI is InChI=1S/C8H17NO3/c1-4-11-8(12-5-2)6(3)7(9)10/h6,8H,4-5H2,1-3H3,(H2,9,10). The van der Waals surface area contributed by atoms with E-state index in [1.54, 1.807) is 6.92 Å². The quantitative estimate of drug-likeness (QED) is 0.598. The van der Waals surface area contributed by atoms with E-state index in [1.807, 2.05) is 13.8 Å². The normalized spacial score (nSPS) is 13.3. The summed E-state index contributed by atoms with van der Waals surface area (Å²) in [5, 5.41) is 0. The second-order valence-corrected chi connectivity index (χ2v) is 2.47. The van der Waals surface area contributed by atoms with Crippen LogP contribution in [0, 0.1) is 5.92 Å². The highest BCUT2D eigenvalue weighted by Crippen LogP contribution is 2.08. The van der Waals surface area contributed by atoms with Crippen molar-refractivity contribution in [2.45, 2.75) is 27.1 Å². The fourth-order valence-corrected chi connectivity index (χ4v) is 0.799. The third kappa shape index (κ3) is 3.69. The van der Waals surface area contributed by atoms with Crippen LogP contribution in [0.3, 0.4) is 0 Å². The monoisotopic (exact) mass is 175 g/mol. The summed E-state index contributed by atoms with van der Waals surface area (Å²) in [6.45, 7) is 6.42. The Labute approximate surface area is 73.0 Å². The first kappa shape index (κ1) is 11.4. The van der Waals surface area contributed by atoms with Gasteiger partial charge in [-0.1, -0.05) is 0 Å². The number of amides is 1. The molecule has 0 heterocycles. The summed E-state index contributed by atoms with van der Waals surface area (Å²) in [5.41, 5.74) is 5.10. The molecule has 1 unspecified atom stereocenters. The van der Waals surface area contributed by atoms with Crippen molar-refractivity contribution >= 4 is 5.91 Å². The number of ether oxygens (including phenoxy) is 2. The van der Waals surface area contributed by atoms with Crippen LogP contribution in [0.2, 0.25) is 0 Å². The highest BCUT2D eigenvalue weighted by Gasteiger charge is 2.22. The number of hydrogen-bond donors (Lipinski definition) is 1. The molecular weight excluding hydrogens is 158 g/mol. The van der Waals surface area contributed by atoms with Crippen molar-refractivity contribution in [3.8, 4) is 0 Å². The van der Waals surface area contributed by atoms with E-state index in [9.17, 15) is 4.79 Å². The van der Waals surface area contributed by atoms with Crippen LogP contribution in [0.5, 0.6) is 0 Å². The molecule has 0 aliphatic rings. The molecule has 0 aliphatic heterocycles. The van der Waals surface area contributed by atoms with Crippen LogP contribution < -0.4 is 5.73 Å². The zero-order valence-corrected chi connectivity index (χ0v) is 7.87. The van der Waals surface area contributed by atoms with Gasteiger partial charge in [0.15, 0.2) is 6.29 Å². The molecule has 4 heteroatoms. The van der Waals surface area contributed by atoms with Crippen LogP contribution >= 0.6 is 0 Å². The van der Waals surface area contributed by atoms with Crippen LogP contribution in [0.15, 0.2) is 0 Å². The predicted octanol–water partition coefficient (Wildman–Crippen LogP) is 0.507. The molecule has 0 rings (SSSR count). The van der Waals surface area contributed by atoms with Gasteiger partial charge in [0.05, 0.1) is 5.92 Å². The lowest BCUT2D eigenvalue weighted by molar-refractivity contribution is -0.171. The third-order valence-electron chi connectivity index (χ3n) is 1.52. The van der Waals surface area contributed by atoms with Crippen molar-refractivity contribution in [3.05, 3.63) is 0 Å². The minimum absolute atomic E-state index is 0.398. The molecule has 0 aromatic heterocycles. The molecule has 4 nitrogen and oxygen atoms in total. The van der Waals surface area contributed by atoms with Crippen LogP contribution in [0.1, 0.15) is 20.8 Å². The van der Waals surface area contributed by atoms with E-state index < -0.39 is 18.1 Å². The van der Waals surface area contributed by atoms with Crippen LogP contribution in [0.25, 0.3) is 0 Å². The Balaban J connectivity index is 3.98. The first-order chi connectivity index (χ1) is 5.63. The van der Waals surface area contributed by atoms with Gasteiger partial charge in [0, 0.05) is 13.2 Å². The molecule has 1 amide bonds.